The van der Waals surface area contributed by atoms with Crippen molar-refractivity contribution in [2.45, 2.75) is 18.7 Å². The predicted octanol–water partition coefficient (Wildman–Crippen LogP) is 3.74. The van der Waals surface area contributed by atoms with Crippen LogP contribution in [0.5, 0.6) is 5.75 Å². The van der Waals surface area contributed by atoms with E-state index in [0.717, 1.165) is 6.07 Å². The van der Waals surface area contributed by atoms with E-state index in [9.17, 15) is 27.7 Å². The number of carbonyl (C=O) groups excluding carboxylic acids is 2. The zero-order valence-electron chi connectivity index (χ0n) is 17.4. The van der Waals surface area contributed by atoms with Crippen LogP contribution in [0.2, 0.25) is 0 Å². The molecule has 0 heterocycles. The number of hydrogen-bond acceptors (Lipinski definition) is 7. The van der Waals surface area contributed by atoms with Gasteiger partial charge in [-0.05, 0) is 53.9 Å². The van der Waals surface area contributed by atoms with Crippen LogP contribution in [0.15, 0.2) is 63.7 Å². The van der Waals surface area contributed by atoms with E-state index in [4.69, 9.17) is 0 Å². The van der Waals surface area contributed by atoms with Crippen molar-refractivity contribution in [1.29, 1.82) is 0 Å². The molecule has 3 rings (SSSR count). The van der Waals surface area contributed by atoms with Gasteiger partial charge in [0.2, 0.25) is 11.8 Å². The Morgan fingerprint density at radius 3 is 2.00 bits per heavy atom. The Hall–Kier alpha value is -2.83. The smallest absolute Gasteiger partial charge is 0.296 e. The van der Waals surface area contributed by atoms with Crippen LogP contribution in [-0.2, 0) is 19.7 Å². The molecular formula is C20H18N4NaO6S. The second-order valence-corrected chi connectivity index (χ2v) is 7.98. The maximum atomic E-state index is 11.9. The van der Waals surface area contributed by atoms with Crippen molar-refractivity contribution in [2.75, 3.05) is 10.6 Å². The molecule has 0 saturated heterocycles. The monoisotopic (exact) mass is 465 g/mol. The van der Waals surface area contributed by atoms with Gasteiger partial charge in [-0.15, -0.1) is 5.11 Å². The molecule has 0 bridgehead atoms. The van der Waals surface area contributed by atoms with Gasteiger partial charge in [-0.3, -0.25) is 14.1 Å². The van der Waals surface area contributed by atoms with Gasteiger partial charge < -0.3 is 15.7 Å². The van der Waals surface area contributed by atoms with Gasteiger partial charge in [0.25, 0.3) is 10.1 Å². The zero-order valence-corrected chi connectivity index (χ0v) is 20.3. The molecule has 0 spiro atoms. The third kappa shape index (κ3) is 6.11. The summed E-state index contributed by atoms with van der Waals surface area (Å²) >= 11 is 0. The summed E-state index contributed by atoms with van der Waals surface area (Å²) in [4.78, 5) is 21.7. The van der Waals surface area contributed by atoms with Crippen LogP contribution in [-0.4, -0.2) is 59.4 Å². The number of fused-ring (bicyclic) bond motifs is 1. The van der Waals surface area contributed by atoms with Crippen LogP contribution < -0.4 is 10.6 Å². The van der Waals surface area contributed by atoms with E-state index in [-0.39, 0.29) is 52.1 Å². The minimum Gasteiger partial charge on any atom is -0.505 e. The molecule has 0 atom stereocenters. The Labute approximate surface area is 205 Å². The number of phenolic OH excluding ortho intramolecular Hbond substituents is 1. The van der Waals surface area contributed by atoms with Crippen molar-refractivity contribution in [3.63, 3.8) is 0 Å². The first-order valence-electron chi connectivity index (χ1n) is 8.89. The van der Waals surface area contributed by atoms with E-state index in [1.165, 1.54) is 44.2 Å². The van der Waals surface area contributed by atoms with Crippen molar-refractivity contribution >= 4 is 85.0 Å². The van der Waals surface area contributed by atoms with Gasteiger partial charge in [0, 0.05) is 60.2 Å². The summed E-state index contributed by atoms with van der Waals surface area (Å²) in [6, 6.07) is 11.8. The first-order valence-corrected chi connectivity index (χ1v) is 10.3. The van der Waals surface area contributed by atoms with Gasteiger partial charge in [0.15, 0.2) is 5.75 Å². The molecule has 12 heteroatoms. The fourth-order valence-corrected chi connectivity index (χ4v) is 3.51. The van der Waals surface area contributed by atoms with Crippen molar-refractivity contribution < 1.29 is 27.7 Å². The Kier molecular flexibility index (Phi) is 8.10. The number of azo groups is 1. The second-order valence-electron chi connectivity index (χ2n) is 6.59. The Morgan fingerprint density at radius 1 is 0.875 bits per heavy atom. The van der Waals surface area contributed by atoms with Crippen LogP contribution >= 0.6 is 0 Å². The van der Waals surface area contributed by atoms with Crippen molar-refractivity contribution in [2.24, 2.45) is 10.2 Å². The number of aromatic hydroxyl groups is 1. The van der Waals surface area contributed by atoms with Crippen molar-refractivity contribution in [3.05, 3.63) is 48.5 Å². The molecule has 0 saturated carbocycles. The number of rotatable bonds is 5. The van der Waals surface area contributed by atoms with E-state index >= 15 is 0 Å². The second kappa shape index (κ2) is 10.2. The molecule has 0 fully saturated rings. The molecule has 0 aliphatic carbocycles. The largest absolute Gasteiger partial charge is 0.505 e. The number of nitrogens with zero attached hydrogens (tertiary/aromatic N) is 2. The number of anilines is 2. The fraction of sp³-hybridized carbons (Fsp3) is 0.100. The normalized spacial score (nSPS) is 11.2. The molecule has 3 aromatic rings. The molecule has 0 aliphatic rings. The number of hydrogen-bond donors (Lipinski definition) is 4. The quantitative estimate of drug-likeness (QED) is 0.255. The van der Waals surface area contributed by atoms with Gasteiger partial charge in [-0.2, -0.15) is 13.5 Å². The number of benzene rings is 3. The Bertz CT molecular complexity index is 1320. The van der Waals surface area contributed by atoms with Crippen LogP contribution in [0.4, 0.5) is 22.7 Å². The topological polar surface area (TPSA) is 158 Å². The van der Waals surface area contributed by atoms with Crippen LogP contribution in [0.1, 0.15) is 13.8 Å². The van der Waals surface area contributed by atoms with E-state index in [0.29, 0.717) is 17.1 Å². The Morgan fingerprint density at radius 2 is 1.44 bits per heavy atom. The van der Waals surface area contributed by atoms with Gasteiger partial charge in [-0.25, -0.2) is 0 Å². The molecule has 32 heavy (non-hydrogen) atoms. The van der Waals surface area contributed by atoms with Gasteiger partial charge in [0.1, 0.15) is 10.6 Å². The van der Waals surface area contributed by atoms with Gasteiger partial charge in [-0.1, -0.05) is 0 Å². The number of phenols is 1. The first kappa shape index (κ1) is 25.4. The SMILES string of the molecule is CC(=O)Nc1ccc(N=Nc2c(S(=O)(=O)O)cc3cc(NC(C)=O)ccc3c2O)cc1.[Na]. The average Bonchev–Trinajstić information content (AvgIpc) is 2.66. The van der Waals surface area contributed by atoms with E-state index in [1.807, 2.05) is 0 Å². The molecule has 10 nitrogen and oxygen atoms in total. The molecule has 0 unspecified atom stereocenters. The summed E-state index contributed by atoms with van der Waals surface area (Å²) in [5, 5.41) is 24.0. The zero-order chi connectivity index (χ0) is 22.8. The van der Waals surface area contributed by atoms with Crippen LogP contribution in [0, 0.1) is 0 Å². The molecular weight excluding hydrogens is 447 g/mol. The number of amides is 2. The molecule has 161 valence electrons. The fourth-order valence-electron chi connectivity index (χ4n) is 2.85. The molecule has 0 aromatic heterocycles. The van der Waals surface area contributed by atoms with E-state index < -0.39 is 26.5 Å². The third-order valence-corrected chi connectivity index (χ3v) is 4.97. The number of nitrogens with one attached hydrogen (secondary N) is 2. The average molecular weight is 465 g/mol. The molecule has 1 radical (unpaired) electrons. The predicted molar refractivity (Wildman–Crippen MR) is 120 cm³/mol. The van der Waals surface area contributed by atoms with E-state index in [2.05, 4.69) is 20.9 Å². The molecule has 3 aromatic carbocycles. The summed E-state index contributed by atoms with van der Waals surface area (Å²) in [6.45, 7) is 2.68. The maximum Gasteiger partial charge on any atom is 0.296 e. The van der Waals surface area contributed by atoms with Crippen molar-refractivity contribution in [3.8, 4) is 5.75 Å². The van der Waals surface area contributed by atoms with Crippen molar-refractivity contribution in [1.82, 2.24) is 0 Å². The summed E-state index contributed by atoms with van der Waals surface area (Å²) < 4.78 is 33.4. The summed E-state index contributed by atoms with van der Waals surface area (Å²) in [5.41, 5.74) is 0.798. The summed E-state index contributed by atoms with van der Waals surface area (Å²) in [5.74, 6) is -1.07. The minimum atomic E-state index is -4.76. The van der Waals surface area contributed by atoms with Gasteiger partial charge >= 0.3 is 0 Å². The third-order valence-electron chi connectivity index (χ3n) is 4.10. The standard InChI is InChI=1S/C20H18N4O6S.Na/c1-11(25)21-14-3-5-15(6-4-14)23-24-19-18(31(28,29)30)10-13-9-16(22-12(2)26)7-8-17(13)20(19)27;/h3-10,27H,1-2H3,(H,21,25)(H,22,26)(H,28,29,30);. The summed E-state index contributed by atoms with van der Waals surface area (Å²) in [6.07, 6.45) is 0. The minimum absolute atomic E-state index is 0. The molecule has 0 aliphatic heterocycles. The van der Waals surface area contributed by atoms with E-state index in [1.54, 1.807) is 12.1 Å². The number of carbonyl (C=O) groups is 2. The maximum absolute atomic E-state index is 11.9. The molecule has 4 N–H and O–H groups in total. The first-order chi connectivity index (χ1) is 14.5. The van der Waals surface area contributed by atoms with Crippen LogP contribution in [0.3, 0.4) is 0 Å². The Balaban J connectivity index is 0.00000363. The van der Waals surface area contributed by atoms with Gasteiger partial charge in [0.05, 0.1) is 5.69 Å². The summed E-state index contributed by atoms with van der Waals surface area (Å²) in [7, 11) is -4.76. The molecule has 2 amide bonds. The van der Waals surface area contributed by atoms with Crippen LogP contribution in [0.25, 0.3) is 10.8 Å².